The lowest BCUT2D eigenvalue weighted by molar-refractivity contribution is 0.699. The molecule has 1 aromatic carbocycles. The van der Waals surface area contributed by atoms with E-state index >= 15 is 0 Å². The van der Waals surface area contributed by atoms with E-state index in [1.165, 1.54) is 20.9 Å². The number of halogens is 1. The molecule has 0 aliphatic rings. The Balaban J connectivity index is 2.45. The highest BCUT2D eigenvalue weighted by Crippen LogP contribution is 2.31. The standard InChI is InChI=1S/C14H16BrNS/c1-9-4-6-11(15)8-12(9)14(16-3)13-7-5-10(2)17-13/h4-8,14,16H,1-3H3. The van der Waals surface area contributed by atoms with Crippen molar-refractivity contribution in [2.45, 2.75) is 19.9 Å². The second kappa shape index (κ2) is 5.34. The van der Waals surface area contributed by atoms with Gasteiger partial charge in [-0.3, -0.25) is 0 Å². The van der Waals surface area contributed by atoms with E-state index < -0.39 is 0 Å². The van der Waals surface area contributed by atoms with Crippen molar-refractivity contribution in [3.05, 3.63) is 55.7 Å². The van der Waals surface area contributed by atoms with Crippen LogP contribution in [0.15, 0.2) is 34.8 Å². The van der Waals surface area contributed by atoms with Crippen LogP contribution in [-0.2, 0) is 0 Å². The quantitative estimate of drug-likeness (QED) is 0.884. The highest BCUT2D eigenvalue weighted by Gasteiger charge is 2.16. The van der Waals surface area contributed by atoms with Crippen molar-refractivity contribution < 1.29 is 0 Å². The number of thiophene rings is 1. The lowest BCUT2D eigenvalue weighted by Crippen LogP contribution is -2.17. The zero-order valence-electron chi connectivity index (χ0n) is 10.3. The molecule has 0 spiro atoms. The monoisotopic (exact) mass is 309 g/mol. The Hall–Kier alpha value is -0.640. The largest absolute Gasteiger partial charge is 0.309 e. The Kier molecular flexibility index (Phi) is 4.02. The normalized spacial score (nSPS) is 12.7. The van der Waals surface area contributed by atoms with Gasteiger partial charge in [-0.25, -0.2) is 0 Å². The van der Waals surface area contributed by atoms with E-state index in [9.17, 15) is 0 Å². The molecule has 1 nitrogen and oxygen atoms in total. The van der Waals surface area contributed by atoms with Crippen LogP contribution in [0.3, 0.4) is 0 Å². The van der Waals surface area contributed by atoms with Crippen molar-refractivity contribution in [2.75, 3.05) is 7.05 Å². The molecule has 2 rings (SSSR count). The van der Waals surface area contributed by atoms with Gasteiger partial charge in [0, 0.05) is 14.2 Å². The van der Waals surface area contributed by atoms with Gasteiger partial charge in [0.25, 0.3) is 0 Å². The van der Waals surface area contributed by atoms with Crippen LogP contribution >= 0.6 is 27.3 Å². The average molecular weight is 310 g/mol. The van der Waals surface area contributed by atoms with Crippen LogP contribution in [0.2, 0.25) is 0 Å². The number of hydrogen-bond donors (Lipinski definition) is 1. The minimum Gasteiger partial charge on any atom is -0.309 e. The van der Waals surface area contributed by atoms with Gasteiger partial charge in [-0.2, -0.15) is 0 Å². The second-order valence-electron chi connectivity index (χ2n) is 4.17. The molecule has 1 unspecified atom stereocenters. The van der Waals surface area contributed by atoms with Crippen molar-refractivity contribution in [3.8, 4) is 0 Å². The molecule has 1 aromatic heterocycles. The number of nitrogens with one attached hydrogen (secondary N) is 1. The van der Waals surface area contributed by atoms with Crippen molar-refractivity contribution in [1.29, 1.82) is 0 Å². The number of aryl methyl sites for hydroxylation is 2. The zero-order valence-corrected chi connectivity index (χ0v) is 12.7. The van der Waals surface area contributed by atoms with Crippen LogP contribution in [0.4, 0.5) is 0 Å². The number of benzene rings is 1. The lowest BCUT2D eigenvalue weighted by Gasteiger charge is -2.18. The Morgan fingerprint density at radius 3 is 2.53 bits per heavy atom. The molecule has 3 heteroatoms. The molecule has 1 heterocycles. The molecule has 0 radical (unpaired) electrons. The van der Waals surface area contributed by atoms with Crippen LogP contribution in [0, 0.1) is 13.8 Å². The summed E-state index contributed by atoms with van der Waals surface area (Å²) in [5.74, 6) is 0. The fraction of sp³-hybridized carbons (Fsp3) is 0.286. The molecule has 0 amide bonds. The van der Waals surface area contributed by atoms with E-state index in [4.69, 9.17) is 0 Å². The Bertz CT molecular complexity index is 519. The van der Waals surface area contributed by atoms with Crippen LogP contribution in [0.1, 0.15) is 26.9 Å². The first-order valence-corrected chi connectivity index (χ1v) is 7.22. The average Bonchev–Trinajstić information content (AvgIpc) is 2.71. The first-order valence-electron chi connectivity index (χ1n) is 5.61. The number of hydrogen-bond acceptors (Lipinski definition) is 2. The molecule has 0 fully saturated rings. The van der Waals surface area contributed by atoms with Gasteiger partial charge in [0.2, 0.25) is 0 Å². The van der Waals surface area contributed by atoms with Crippen LogP contribution in [-0.4, -0.2) is 7.05 Å². The van der Waals surface area contributed by atoms with Crippen molar-refractivity contribution in [1.82, 2.24) is 5.32 Å². The van der Waals surface area contributed by atoms with E-state index in [0.717, 1.165) is 4.47 Å². The topological polar surface area (TPSA) is 12.0 Å². The summed E-state index contributed by atoms with van der Waals surface area (Å²) in [6, 6.07) is 11.1. The maximum absolute atomic E-state index is 3.55. The summed E-state index contributed by atoms with van der Waals surface area (Å²) in [6.45, 7) is 4.31. The van der Waals surface area contributed by atoms with Crippen LogP contribution in [0.5, 0.6) is 0 Å². The molecule has 0 saturated carbocycles. The van der Waals surface area contributed by atoms with Gasteiger partial charge in [-0.15, -0.1) is 11.3 Å². The van der Waals surface area contributed by atoms with E-state index in [1.54, 1.807) is 0 Å². The molecule has 0 saturated heterocycles. The van der Waals surface area contributed by atoms with E-state index in [-0.39, 0.29) is 6.04 Å². The second-order valence-corrected chi connectivity index (χ2v) is 6.41. The van der Waals surface area contributed by atoms with Gasteiger partial charge in [0.1, 0.15) is 0 Å². The van der Waals surface area contributed by atoms with E-state index in [2.05, 4.69) is 65.4 Å². The Morgan fingerprint density at radius 2 is 1.94 bits per heavy atom. The van der Waals surface area contributed by atoms with Gasteiger partial charge in [-0.05, 0) is 56.3 Å². The zero-order chi connectivity index (χ0) is 12.4. The summed E-state index contributed by atoms with van der Waals surface area (Å²) < 4.78 is 1.13. The maximum Gasteiger partial charge on any atom is 0.0671 e. The third-order valence-electron chi connectivity index (χ3n) is 2.89. The smallest absolute Gasteiger partial charge is 0.0671 e. The first kappa shape index (κ1) is 12.8. The van der Waals surface area contributed by atoms with Crippen LogP contribution in [0.25, 0.3) is 0 Å². The van der Waals surface area contributed by atoms with Gasteiger partial charge in [-0.1, -0.05) is 22.0 Å². The SMILES string of the molecule is CNC(c1ccc(C)s1)c1cc(Br)ccc1C. The molecular weight excluding hydrogens is 294 g/mol. The number of rotatable bonds is 3. The molecule has 90 valence electrons. The summed E-state index contributed by atoms with van der Waals surface area (Å²) in [7, 11) is 2.01. The molecule has 2 aromatic rings. The van der Waals surface area contributed by atoms with Gasteiger partial charge >= 0.3 is 0 Å². The minimum absolute atomic E-state index is 0.284. The van der Waals surface area contributed by atoms with Crippen LogP contribution < -0.4 is 5.32 Å². The molecule has 0 aliphatic heterocycles. The lowest BCUT2D eigenvalue weighted by atomic mass is 10.0. The maximum atomic E-state index is 3.55. The van der Waals surface area contributed by atoms with Crippen molar-refractivity contribution in [2.24, 2.45) is 0 Å². The fourth-order valence-corrected chi connectivity index (χ4v) is 3.37. The van der Waals surface area contributed by atoms with E-state index in [1.807, 2.05) is 18.4 Å². The highest BCUT2D eigenvalue weighted by atomic mass is 79.9. The van der Waals surface area contributed by atoms with Gasteiger partial charge in [0.05, 0.1) is 6.04 Å². The highest BCUT2D eigenvalue weighted by molar-refractivity contribution is 9.10. The fourth-order valence-electron chi connectivity index (χ4n) is 1.98. The third-order valence-corrected chi connectivity index (χ3v) is 4.45. The molecule has 0 aliphatic carbocycles. The predicted octanol–water partition coefficient (Wildman–Crippen LogP) is 4.44. The predicted molar refractivity (Wildman–Crippen MR) is 78.8 cm³/mol. The minimum atomic E-state index is 0.284. The molecule has 0 bridgehead atoms. The summed E-state index contributed by atoms with van der Waals surface area (Å²) >= 11 is 5.40. The Labute approximate surface area is 115 Å². The first-order chi connectivity index (χ1) is 8.11. The third kappa shape index (κ3) is 2.79. The van der Waals surface area contributed by atoms with Gasteiger partial charge in [0.15, 0.2) is 0 Å². The van der Waals surface area contributed by atoms with Crippen molar-refractivity contribution in [3.63, 3.8) is 0 Å². The molecule has 17 heavy (non-hydrogen) atoms. The summed E-state index contributed by atoms with van der Waals surface area (Å²) in [4.78, 5) is 2.72. The summed E-state index contributed by atoms with van der Waals surface area (Å²) in [6.07, 6.45) is 0. The Morgan fingerprint density at radius 1 is 1.18 bits per heavy atom. The summed E-state index contributed by atoms with van der Waals surface area (Å²) in [5.41, 5.74) is 2.65. The van der Waals surface area contributed by atoms with E-state index in [0.29, 0.717) is 0 Å². The van der Waals surface area contributed by atoms with Gasteiger partial charge < -0.3 is 5.32 Å². The molecule has 1 atom stereocenters. The molecule has 1 N–H and O–H groups in total. The molecular formula is C14H16BrNS. The van der Waals surface area contributed by atoms with Crippen molar-refractivity contribution >= 4 is 27.3 Å². The summed E-state index contributed by atoms with van der Waals surface area (Å²) in [5, 5.41) is 3.41.